The summed E-state index contributed by atoms with van der Waals surface area (Å²) < 4.78 is 9.93. The number of esters is 1. The number of benzene rings is 1. The van der Waals surface area contributed by atoms with Crippen molar-refractivity contribution in [2.24, 2.45) is 0 Å². The minimum Gasteiger partial charge on any atom is -0.451 e. The second-order valence-electron chi connectivity index (χ2n) is 6.09. The van der Waals surface area contributed by atoms with E-state index in [2.05, 4.69) is 5.32 Å². The monoisotopic (exact) mass is 400 g/mol. The first-order chi connectivity index (χ1) is 13.8. The predicted octanol–water partition coefficient (Wildman–Crippen LogP) is 3.75. The Kier molecular flexibility index (Phi) is 7.41. The normalized spacial score (nSPS) is 11.8. The zero-order chi connectivity index (χ0) is 21.4. The van der Waals surface area contributed by atoms with Crippen molar-refractivity contribution in [2.75, 3.05) is 5.32 Å². The Balaban J connectivity index is 1.91. The molecule has 0 aliphatic heterocycles. The Labute approximate surface area is 166 Å². The molecule has 2 rings (SSSR count). The van der Waals surface area contributed by atoms with Crippen LogP contribution in [0, 0.1) is 10.1 Å². The highest BCUT2D eigenvalue weighted by molar-refractivity contribution is 6.01. The lowest BCUT2D eigenvalue weighted by molar-refractivity contribution is -0.402. The number of carbonyl (C=O) groups is 3. The van der Waals surface area contributed by atoms with Gasteiger partial charge in [-0.25, -0.2) is 4.79 Å². The highest BCUT2D eigenvalue weighted by Gasteiger charge is 2.19. The molecular formula is C20H20N2O7. The quantitative estimate of drug-likeness (QED) is 0.223. The van der Waals surface area contributed by atoms with Crippen molar-refractivity contribution >= 4 is 35.3 Å². The van der Waals surface area contributed by atoms with Gasteiger partial charge in [-0.05, 0) is 49.8 Å². The number of hydrogen-bond acceptors (Lipinski definition) is 7. The van der Waals surface area contributed by atoms with E-state index in [9.17, 15) is 24.5 Å². The molecule has 2 aromatic rings. The molecule has 1 heterocycles. The van der Waals surface area contributed by atoms with Gasteiger partial charge in [0.2, 0.25) is 11.7 Å². The molecule has 29 heavy (non-hydrogen) atoms. The van der Waals surface area contributed by atoms with E-state index in [1.165, 1.54) is 31.2 Å². The molecule has 0 radical (unpaired) electrons. The van der Waals surface area contributed by atoms with Crippen LogP contribution < -0.4 is 5.32 Å². The number of hydrogen-bond donors (Lipinski definition) is 1. The largest absolute Gasteiger partial charge is 0.451 e. The number of furan rings is 1. The van der Waals surface area contributed by atoms with E-state index >= 15 is 0 Å². The number of carbonyl (C=O) groups excluding carboxylic acids is 3. The molecule has 152 valence electrons. The number of amides is 1. The van der Waals surface area contributed by atoms with E-state index in [1.54, 1.807) is 12.1 Å². The number of anilines is 1. The minimum absolute atomic E-state index is 0.105. The second-order valence-corrected chi connectivity index (χ2v) is 6.09. The van der Waals surface area contributed by atoms with Gasteiger partial charge >= 0.3 is 11.9 Å². The fourth-order valence-corrected chi connectivity index (χ4v) is 2.35. The zero-order valence-electron chi connectivity index (χ0n) is 15.9. The fraction of sp³-hybridized carbons (Fsp3) is 0.250. The zero-order valence-corrected chi connectivity index (χ0v) is 15.9. The standard InChI is InChI=1S/C20H20N2O7/c1-3-4-17(23)21-15-7-5-14(6-8-15)20(25)13(2)28-19(24)12-10-16-9-11-18(29-16)22(26)27/h5-13H,3-4H2,1-2H3,(H,21,23)/b12-10+/t13-/m0/s1. The van der Waals surface area contributed by atoms with E-state index in [1.807, 2.05) is 6.92 Å². The van der Waals surface area contributed by atoms with Crippen molar-refractivity contribution in [3.63, 3.8) is 0 Å². The third kappa shape index (κ3) is 6.42. The first kappa shape index (κ1) is 21.5. The van der Waals surface area contributed by atoms with Gasteiger partial charge in [-0.3, -0.25) is 19.7 Å². The average Bonchev–Trinajstić information content (AvgIpc) is 3.16. The van der Waals surface area contributed by atoms with Gasteiger partial charge in [0.1, 0.15) is 10.7 Å². The number of nitro groups is 1. The number of rotatable bonds is 9. The molecule has 0 saturated carbocycles. The Bertz CT molecular complexity index is 929. The van der Waals surface area contributed by atoms with Crippen LogP contribution in [0.3, 0.4) is 0 Å². The summed E-state index contributed by atoms with van der Waals surface area (Å²) in [6, 6.07) is 8.75. The van der Waals surface area contributed by atoms with Crippen molar-refractivity contribution in [1.29, 1.82) is 0 Å². The molecule has 0 fully saturated rings. The van der Waals surface area contributed by atoms with Gasteiger partial charge in [-0.1, -0.05) is 6.92 Å². The Morgan fingerprint density at radius 2 is 1.90 bits per heavy atom. The first-order valence-corrected chi connectivity index (χ1v) is 8.87. The first-order valence-electron chi connectivity index (χ1n) is 8.87. The smallest absolute Gasteiger partial charge is 0.433 e. The van der Waals surface area contributed by atoms with Gasteiger partial charge in [0.25, 0.3) is 0 Å². The highest BCUT2D eigenvalue weighted by atomic mass is 16.6. The summed E-state index contributed by atoms with van der Waals surface area (Å²) in [6.07, 6.45) is 2.32. The third-order valence-electron chi connectivity index (χ3n) is 3.77. The molecule has 1 aromatic heterocycles. The summed E-state index contributed by atoms with van der Waals surface area (Å²) in [6.45, 7) is 3.33. The minimum atomic E-state index is -1.04. The Hall–Kier alpha value is -3.75. The third-order valence-corrected chi connectivity index (χ3v) is 3.77. The molecule has 1 amide bonds. The van der Waals surface area contributed by atoms with Crippen molar-refractivity contribution in [2.45, 2.75) is 32.8 Å². The SMILES string of the molecule is CCCC(=O)Nc1ccc(C(=O)[C@H](C)OC(=O)/C=C/c2ccc([N+](=O)[O-])o2)cc1. The van der Waals surface area contributed by atoms with Gasteiger partial charge in [0.05, 0.1) is 6.07 Å². The molecule has 9 heteroatoms. The predicted molar refractivity (Wildman–Crippen MR) is 104 cm³/mol. The summed E-state index contributed by atoms with van der Waals surface area (Å²) in [4.78, 5) is 45.7. The van der Waals surface area contributed by atoms with Crippen LogP contribution in [0.25, 0.3) is 6.08 Å². The maximum Gasteiger partial charge on any atom is 0.433 e. The van der Waals surface area contributed by atoms with E-state index in [4.69, 9.17) is 9.15 Å². The van der Waals surface area contributed by atoms with Gasteiger partial charge in [0.15, 0.2) is 6.10 Å². The maximum atomic E-state index is 12.4. The average molecular weight is 400 g/mol. The molecule has 1 N–H and O–H groups in total. The lowest BCUT2D eigenvalue weighted by Gasteiger charge is -2.11. The lowest BCUT2D eigenvalue weighted by Crippen LogP contribution is -2.23. The van der Waals surface area contributed by atoms with Crippen LogP contribution in [0.15, 0.2) is 46.9 Å². The van der Waals surface area contributed by atoms with Gasteiger partial charge in [-0.2, -0.15) is 0 Å². The summed E-state index contributed by atoms with van der Waals surface area (Å²) in [5, 5.41) is 13.3. The van der Waals surface area contributed by atoms with Crippen LogP contribution in [0.4, 0.5) is 11.6 Å². The molecule has 9 nitrogen and oxygen atoms in total. The van der Waals surface area contributed by atoms with Crippen LogP contribution in [-0.4, -0.2) is 28.7 Å². The number of ketones is 1. The topological polar surface area (TPSA) is 129 Å². The van der Waals surface area contributed by atoms with E-state index in [-0.39, 0.29) is 11.7 Å². The Morgan fingerprint density at radius 3 is 2.48 bits per heavy atom. The second kappa shape index (κ2) is 9.98. The maximum absolute atomic E-state index is 12.4. The molecule has 0 unspecified atom stereocenters. The highest BCUT2D eigenvalue weighted by Crippen LogP contribution is 2.17. The van der Waals surface area contributed by atoms with Crippen molar-refractivity contribution in [3.8, 4) is 0 Å². The Morgan fingerprint density at radius 1 is 1.21 bits per heavy atom. The van der Waals surface area contributed by atoms with E-state index < -0.39 is 28.7 Å². The summed E-state index contributed by atoms with van der Waals surface area (Å²) in [7, 11) is 0. The molecule has 0 aliphatic rings. The summed E-state index contributed by atoms with van der Waals surface area (Å²) in [5.41, 5.74) is 0.893. The van der Waals surface area contributed by atoms with Crippen molar-refractivity contribution in [1.82, 2.24) is 0 Å². The van der Waals surface area contributed by atoms with E-state index in [0.717, 1.165) is 18.6 Å². The number of nitrogens with zero attached hydrogens (tertiary/aromatic N) is 1. The van der Waals surface area contributed by atoms with Crippen molar-refractivity contribution in [3.05, 3.63) is 63.9 Å². The molecule has 1 atom stereocenters. The number of ether oxygens (including phenoxy) is 1. The van der Waals surface area contributed by atoms with Crippen LogP contribution in [0.5, 0.6) is 0 Å². The van der Waals surface area contributed by atoms with Gasteiger partial charge in [-0.15, -0.1) is 0 Å². The fourth-order valence-electron chi connectivity index (χ4n) is 2.35. The summed E-state index contributed by atoms with van der Waals surface area (Å²) in [5.74, 6) is -1.66. The molecular weight excluding hydrogens is 380 g/mol. The van der Waals surface area contributed by atoms with E-state index in [0.29, 0.717) is 17.7 Å². The van der Waals surface area contributed by atoms with Crippen LogP contribution in [-0.2, 0) is 14.3 Å². The van der Waals surface area contributed by atoms with Crippen LogP contribution in [0.2, 0.25) is 0 Å². The summed E-state index contributed by atoms with van der Waals surface area (Å²) >= 11 is 0. The van der Waals surface area contributed by atoms with Gasteiger partial charge < -0.3 is 14.5 Å². The van der Waals surface area contributed by atoms with Crippen LogP contribution >= 0.6 is 0 Å². The number of Topliss-reactive ketones (excluding diaryl/α,β-unsaturated/α-hetero) is 1. The molecule has 0 bridgehead atoms. The molecule has 1 aromatic carbocycles. The number of nitrogens with one attached hydrogen (secondary N) is 1. The molecule has 0 aliphatic carbocycles. The van der Waals surface area contributed by atoms with Crippen molar-refractivity contribution < 1.29 is 28.5 Å². The molecule has 0 saturated heterocycles. The van der Waals surface area contributed by atoms with Gasteiger partial charge in [0, 0.05) is 23.7 Å². The molecule has 0 spiro atoms. The lowest BCUT2D eigenvalue weighted by atomic mass is 10.1. The van der Waals surface area contributed by atoms with Crippen LogP contribution in [0.1, 0.15) is 42.8 Å².